The number of amides is 2. The summed E-state index contributed by atoms with van der Waals surface area (Å²) in [4.78, 5) is 26.0. The van der Waals surface area contributed by atoms with Crippen molar-refractivity contribution in [1.29, 1.82) is 0 Å². The van der Waals surface area contributed by atoms with Gasteiger partial charge < -0.3 is 10.1 Å². The van der Waals surface area contributed by atoms with Gasteiger partial charge in [0.15, 0.2) is 0 Å². The number of carbonyl (C=O) groups excluding carboxylic acids is 2. The van der Waals surface area contributed by atoms with Crippen molar-refractivity contribution in [2.75, 3.05) is 11.5 Å². The summed E-state index contributed by atoms with van der Waals surface area (Å²) in [6.07, 6.45) is 0.104. The number of imide groups is 1. The Morgan fingerprint density at radius 2 is 1.80 bits per heavy atom. The fourth-order valence-corrected chi connectivity index (χ4v) is 2.76. The van der Waals surface area contributed by atoms with E-state index in [1.54, 1.807) is 36.4 Å². The molecule has 0 spiro atoms. The van der Waals surface area contributed by atoms with Crippen LogP contribution in [0.4, 0.5) is 10.1 Å². The van der Waals surface area contributed by atoms with E-state index in [1.807, 2.05) is 6.92 Å². The van der Waals surface area contributed by atoms with Gasteiger partial charge in [0.1, 0.15) is 11.6 Å². The Kier molecular flexibility index (Phi) is 5.09. The summed E-state index contributed by atoms with van der Waals surface area (Å²) in [7, 11) is 0. The molecule has 2 aromatic rings. The van der Waals surface area contributed by atoms with Crippen LogP contribution in [-0.4, -0.2) is 24.5 Å². The first-order valence-corrected chi connectivity index (χ1v) is 8.16. The predicted molar refractivity (Wildman–Crippen MR) is 91.7 cm³/mol. The van der Waals surface area contributed by atoms with Crippen molar-refractivity contribution in [2.45, 2.75) is 25.9 Å². The molecule has 0 aliphatic carbocycles. The highest BCUT2D eigenvalue weighted by Gasteiger charge is 2.39. The zero-order valence-electron chi connectivity index (χ0n) is 13.9. The molecule has 1 saturated heterocycles. The van der Waals surface area contributed by atoms with Gasteiger partial charge in [0.05, 0.1) is 24.8 Å². The van der Waals surface area contributed by atoms with Crippen LogP contribution < -0.4 is 15.0 Å². The van der Waals surface area contributed by atoms with Gasteiger partial charge in [-0.05, 0) is 48.9 Å². The lowest BCUT2D eigenvalue weighted by Crippen LogP contribution is -2.38. The molecule has 0 aromatic heterocycles. The zero-order valence-corrected chi connectivity index (χ0v) is 13.9. The van der Waals surface area contributed by atoms with E-state index in [2.05, 4.69) is 5.32 Å². The van der Waals surface area contributed by atoms with E-state index in [1.165, 1.54) is 17.0 Å². The summed E-state index contributed by atoms with van der Waals surface area (Å²) >= 11 is 0. The van der Waals surface area contributed by atoms with Gasteiger partial charge in [-0.15, -0.1) is 0 Å². The number of hydrogen-bond donors (Lipinski definition) is 1. The lowest BCUT2D eigenvalue weighted by molar-refractivity contribution is -0.121. The molecule has 0 bridgehead atoms. The van der Waals surface area contributed by atoms with E-state index in [4.69, 9.17) is 4.74 Å². The first kappa shape index (κ1) is 17.1. The van der Waals surface area contributed by atoms with Crippen molar-refractivity contribution >= 4 is 17.5 Å². The van der Waals surface area contributed by atoms with E-state index >= 15 is 0 Å². The van der Waals surface area contributed by atoms with E-state index in [9.17, 15) is 14.0 Å². The van der Waals surface area contributed by atoms with Gasteiger partial charge in [-0.25, -0.2) is 9.29 Å². The van der Waals surface area contributed by atoms with Crippen molar-refractivity contribution in [2.24, 2.45) is 0 Å². The molecule has 1 atom stereocenters. The van der Waals surface area contributed by atoms with Crippen LogP contribution in [0.5, 0.6) is 5.75 Å². The smallest absolute Gasteiger partial charge is 0.251 e. The molecule has 2 amide bonds. The monoisotopic (exact) mass is 342 g/mol. The van der Waals surface area contributed by atoms with E-state index in [0.29, 0.717) is 24.6 Å². The van der Waals surface area contributed by atoms with Crippen molar-refractivity contribution in [3.63, 3.8) is 0 Å². The SMILES string of the molecule is CCOc1ccc(N2C(=O)C[C@@H](NCc3ccc(F)cc3)C2=O)cc1. The molecule has 1 N–H and O–H groups in total. The Morgan fingerprint density at radius 1 is 1.12 bits per heavy atom. The third-order valence-electron chi connectivity index (χ3n) is 4.02. The molecule has 1 aliphatic rings. The maximum atomic E-state index is 12.9. The second kappa shape index (κ2) is 7.44. The van der Waals surface area contributed by atoms with Crippen molar-refractivity contribution in [1.82, 2.24) is 5.32 Å². The Morgan fingerprint density at radius 3 is 2.44 bits per heavy atom. The maximum absolute atomic E-state index is 12.9. The number of ether oxygens (including phenoxy) is 1. The molecule has 6 heteroatoms. The zero-order chi connectivity index (χ0) is 17.8. The third-order valence-corrected chi connectivity index (χ3v) is 4.02. The molecule has 1 fully saturated rings. The summed E-state index contributed by atoms with van der Waals surface area (Å²) in [6.45, 7) is 2.83. The Bertz CT molecular complexity index is 759. The summed E-state index contributed by atoms with van der Waals surface area (Å²) in [5.74, 6) is -0.143. The average Bonchev–Trinajstić information content (AvgIpc) is 2.89. The molecule has 0 radical (unpaired) electrons. The Balaban J connectivity index is 1.66. The summed E-state index contributed by atoms with van der Waals surface area (Å²) in [6, 6.07) is 12.3. The predicted octanol–water partition coefficient (Wildman–Crippen LogP) is 2.65. The number of carbonyl (C=O) groups is 2. The number of anilines is 1. The van der Waals surface area contributed by atoms with Crippen LogP contribution in [0.15, 0.2) is 48.5 Å². The molecular weight excluding hydrogens is 323 g/mol. The Hall–Kier alpha value is -2.73. The number of hydrogen-bond acceptors (Lipinski definition) is 4. The minimum atomic E-state index is -0.580. The largest absolute Gasteiger partial charge is 0.494 e. The first-order valence-electron chi connectivity index (χ1n) is 8.16. The van der Waals surface area contributed by atoms with Crippen LogP contribution >= 0.6 is 0 Å². The summed E-state index contributed by atoms with van der Waals surface area (Å²) in [5.41, 5.74) is 1.38. The van der Waals surface area contributed by atoms with Gasteiger partial charge in [-0.2, -0.15) is 0 Å². The quantitative estimate of drug-likeness (QED) is 0.820. The second-order valence-corrected chi connectivity index (χ2v) is 5.76. The topological polar surface area (TPSA) is 58.6 Å². The number of benzene rings is 2. The van der Waals surface area contributed by atoms with E-state index in [-0.39, 0.29) is 24.1 Å². The minimum absolute atomic E-state index is 0.104. The molecule has 0 saturated carbocycles. The number of nitrogens with one attached hydrogen (secondary N) is 1. The van der Waals surface area contributed by atoms with Crippen molar-refractivity contribution in [3.05, 3.63) is 59.9 Å². The van der Waals surface area contributed by atoms with Gasteiger partial charge in [-0.3, -0.25) is 9.59 Å². The molecule has 5 nitrogen and oxygen atoms in total. The van der Waals surface area contributed by atoms with Gasteiger partial charge in [0.25, 0.3) is 5.91 Å². The van der Waals surface area contributed by atoms with Crippen LogP contribution in [0.3, 0.4) is 0 Å². The van der Waals surface area contributed by atoms with Gasteiger partial charge >= 0.3 is 0 Å². The van der Waals surface area contributed by atoms with Gasteiger partial charge in [-0.1, -0.05) is 12.1 Å². The fraction of sp³-hybridized carbons (Fsp3) is 0.263. The van der Waals surface area contributed by atoms with Crippen LogP contribution in [0, 0.1) is 5.82 Å². The fourth-order valence-electron chi connectivity index (χ4n) is 2.76. The number of halogens is 1. The molecule has 0 unspecified atom stereocenters. The van der Waals surface area contributed by atoms with E-state index in [0.717, 1.165) is 5.56 Å². The number of rotatable bonds is 6. The van der Waals surface area contributed by atoms with Crippen LogP contribution in [0.25, 0.3) is 0 Å². The minimum Gasteiger partial charge on any atom is -0.494 e. The average molecular weight is 342 g/mol. The van der Waals surface area contributed by atoms with Crippen molar-refractivity contribution in [3.8, 4) is 5.75 Å². The first-order chi connectivity index (χ1) is 12.1. The molecular formula is C19H19FN2O3. The second-order valence-electron chi connectivity index (χ2n) is 5.76. The normalized spacial score (nSPS) is 17.2. The lowest BCUT2D eigenvalue weighted by atomic mass is 10.2. The molecule has 3 rings (SSSR count). The standard InChI is InChI=1S/C19H19FN2O3/c1-2-25-16-9-7-15(8-10-16)22-18(23)11-17(19(22)24)21-12-13-3-5-14(20)6-4-13/h3-10,17,21H,2,11-12H2,1H3/t17-/m1/s1. The molecule has 25 heavy (non-hydrogen) atoms. The van der Waals surface area contributed by atoms with Crippen LogP contribution in [0.2, 0.25) is 0 Å². The summed E-state index contributed by atoms with van der Waals surface area (Å²) in [5, 5.41) is 3.07. The van der Waals surface area contributed by atoms with Crippen molar-refractivity contribution < 1.29 is 18.7 Å². The molecule has 1 heterocycles. The van der Waals surface area contributed by atoms with Gasteiger partial charge in [0.2, 0.25) is 5.91 Å². The van der Waals surface area contributed by atoms with Gasteiger partial charge in [0, 0.05) is 6.54 Å². The highest BCUT2D eigenvalue weighted by atomic mass is 19.1. The maximum Gasteiger partial charge on any atom is 0.251 e. The molecule has 2 aromatic carbocycles. The molecule has 1 aliphatic heterocycles. The summed E-state index contributed by atoms with van der Waals surface area (Å²) < 4.78 is 18.3. The highest BCUT2D eigenvalue weighted by Crippen LogP contribution is 2.25. The van der Waals surface area contributed by atoms with Crippen LogP contribution in [-0.2, 0) is 16.1 Å². The molecule has 130 valence electrons. The highest BCUT2D eigenvalue weighted by molar-refractivity contribution is 6.22. The third kappa shape index (κ3) is 3.85. The number of nitrogens with zero attached hydrogens (tertiary/aromatic N) is 1. The Labute approximate surface area is 145 Å². The lowest BCUT2D eigenvalue weighted by Gasteiger charge is -2.16. The van der Waals surface area contributed by atoms with Crippen LogP contribution in [0.1, 0.15) is 18.9 Å². The van der Waals surface area contributed by atoms with E-state index < -0.39 is 6.04 Å².